The Morgan fingerprint density at radius 3 is 2.27 bits per heavy atom. The standard InChI is InChI=1S/C30H30BrClN6O2/c31-25-7-3-22(4-8-25)19-35-29(39)24-17-27(32)28(34-20-24)37-15-13-36(14-16-37)26-9-11-38(12-10-26)30(40)23-5-1-21(18-33)2-6-23/h1-8,17,20,26H,9-16,19H2,(H,35,39). The molecule has 8 nitrogen and oxygen atoms in total. The smallest absolute Gasteiger partial charge is 0.253 e. The van der Waals surface area contributed by atoms with Crippen LogP contribution in [0.2, 0.25) is 5.02 Å². The fourth-order valence-electron chi connectivity index (χ4n) is 5.28. The average Bonchev–Trinajstić information content (AvgIpc) is 3.00. The van der Waals surface area contributed by atoms with Gasteiger partial charge in [0.15, 0.2) is 0 Å². The number of nitriles is 1. The Morgan fingerprint density at radius 1 is 0.975 bits per heavy atom. The summed E-state index contributed by atoms with van der Waals surface area (Å²) in [4.78, 5) is 36.6. The number of carbonyl (C=O) groups excluding carboxylic acids is 2. The normalized spacial score (nSPS) is 16.4. The van der Waals surface area contributed by atoms with Crippen molar-refractivity contribution in [1.82, 2.24) is 20.1 Å². The number of benzene rings is 2. The third-order valence-electron chi connectivity index (χ3n) is 7.59. The number of amides is 2. The summed E-state index contributed by atoms with van der Waals surface area (Å²) in [6.07, 6.45) is 3.46. The number of carbonyl (C=O) groups is 2. The lowest BCUT2D eigenvalue weighted by Crippen LogP contribution is -2.54. The van der Waals surface area contributed by atoms with Crippen LogP contribution in [0, 0.1) is 11.3 Å². The summed E-state index contributed by atoms with van der Waals surface area (Å²) in [5.41, 5.74) is 2.63. The molecule has 2 fully saturated rings. The highest BCUT2D eigenvalue weighted by molar-refractivity contribution is 9.10. The molecule has 0 saturated carbocycles. The van der Waals surface area contributed by atoms with E-state index in [2.05, 4.69) is 42.1 Å². The van der Waals surface area contributed by atoms with E-state index in [4.69, 9.17) is 16.9 Å². The molecule has 0 atom stereocenters. The minimum atomic E-state index is -0.210. The first-order valence-corrected chi connectivity index (χ1v) is 14.5. The molecule has 2 amide bonds. The van der Waals surface area contributed by atoms with Gasteiger partial charge in [-0.05, 0) is 60.9 Å². The highest BCUT2D eigenvalue weighted by atomic mass is 79.9. The first kappa shape index (κ1) is 28.1. The summed E-state index contributed by atoms with van der Waals surface area (Å²) in [6, 6.07) is 18.8. The number of pyridine rings is 1. The summed E-state index contributed by atoms with van der Waals surface area (Å²) in [5.74, 6) is 0.519. The van der Waals surface area contributed by atoms with Gasteiger partial charge in [-0.3, -0.25) is 14.5 Å². The largest absolute Gasteiger partial charge is 0.353 e. The van der Waals surface area contributed by atoms with Gasteiger partial charge < -0.3 is 15.1 Å². The molecule has 3 aromatic rings. The minimum Gasteiger partial charge on any atom is -0.353 e. The summed E-state index contributed by atoms with van der Waals surface area (Å²) in [6.45, 7) is 5.25. The number of hydrogen-bond acceptors (Lipinski definition) is 6. The molecule has 0 aliphatic carbocycles. The van der Waals surface area contributed by atoms with Gasteiger partial charge in [0.1, 0.15) is 5.82 Å². The van der Waals surface area contributed by atoms with E-state index in [0.29, 0.717) is 40.1 Å². The SMILES string of the molecule is N#Cc1ccc(C(=O)N2CCC(N3CCN(c4ncc(C(=O)NCc5ccc(Br)cc5)cc4Cl)CC3)CC2)cc1. The second-order valence-corrected chi connectivity index (χ2v) is 11.4. The monoisotopic (exact) mass is 620 g/mol. The van der Waals surface area contributed by atoms with Crippen molar-refractivity contribution < 1.29 is 9.59 Å². The second kappa shape index (κ2) is 12.8. The van der Waals surface area contributed by atoms with Crippen molar-refractivity contribution in [3.05, 3.63) is 92.5 Å². The number of piperazine rings is 1. The van der Waals surface area contributed by atoms with E-state index < -0.39 is 0 Å². The van der Waals surface area contributed by atoms with Gasteiger partial charge in [0.2, 0.25) is 0 Å². The predicted octanol–water partition coefficient (Wildman–Crippen LogP) is 4.73. The zero-order valence-corrected chi connectivity index (χ0v) is 24.4. The quantitative estimate of drug-likeness (QED) is 0.428. The van der Waals surface area contributed by atoms with Crippen LogP contribution in [0.25, 0.3) is 0 Å². The summed E-state index contributed by atoms with van der Waals surface area (Å²) in [5, 5.41) is 12.4. The molecule has 1 aromatic heterocycles. The molecule has 2 aliphatic rings. The molecular weight excluding hydrogens is 592 g/mol. The molecule has 0 bridgehead atoms. The molecule has 0 spiro atoms. The van der Waals surface area contributed by atoms with Gasteiger partial charge in [0.25, 0.3) is 11.8 Å². The Labute approximate surface area is 247 Å². The van der Waals surface area contributed by atoms with Crippen LogP contribution < -0.4 is 10.2 Å². The highest BCUT2D eigenvalue weighted by Crippen LogP contribution is 2.27. The van der Waals surface area contributed by atoms with Crippen LogP contribution in [0.15, 0.2) is 65.3 Å². The molecule has 206 valence electrons. The highest BCUT2D eigenvalue weighted by Gasteiger charge is 2.30. The molecular formula is C30H30BrClN6O2. The molecule has 1 N–H and O–H groups in total. The topological polar surface area (TPSA) is 92.6 Å². The number of likely N-dealkylation sites (tertiary alicyclic amines) is 1. The van der Waals surface area contributed by atoms with Crippen LogP contribution in [0.3, 0.4) is 0 Å². The number of piperidine rings is 1. The van der Waals surface area contributed by atoms with E-state index in [1.807, 2.05) is 29.2 Å². The van der Waals surface area contributed by atoms with Crippen LogP contribution >= 0.6 is 27.5 Å². The lowest BCUT2D eigenvalue weighted by atomic mass is 10.0. The number of rotatable bonds is 6. The zero-order valence-electron chi connectivity index (χ0n) is 22.0. The number of anilines is 1. The maximum absolute atomic E-state index is 12.9. The fraction of sp³-hybridized carbons (Fsp3) is 0.333. The molecule has 2 aliphatic heterocycles. The third kappa shape index (κ3) is 6.64. The molecule has 3 heterocycles. The van der Waals surface area contributed by atoms with Crippen LogP contribution in [0.5, 0.6) is 0 Å². The lowest BCUT2D eigenvalue weighted by Gasteiger charge is -2.43. The van der Waals surface area contributed by atoms with Crippen LogP contribution in [0.4, 0.5) is 5.82 Å². The molecule has 10 heteroatoms. The first-order valence-electron chi connectivity index (χ1n) is 13.4. The van der Waals surface area contributed by atoms with Gasteiger partial charge in [-0.25, -0.2) is 4.98 Å². The van der Waals surface area contributed by atoms with E-state index in [1.165, 1.54) is 0 Å². The van der Waals surface area contributed by atoms with E-state index in [9.17, 15) is 9.59 Å². The number of nitrogens with zero attached hydrogens (tertiary/aromatic N) is 5. The van der Waals surface area contributed by atoms with Gasteiger partial charge in [-0.15, -0.1) is 0 Å². The summed E-state index contributed by atoms with van der Waals surface area (Å²) >= 11 is 10.00. The van der Waals surface area contributed by atoms with Crippen molar-refractivity contribution in [2.24, 2.45) is 0 Å². The first-order chi connectivity index (χ1) is 19.4. The van der Waals surface area contributed by atoms with E-state index in [1.54, 1.807) is 36.5 Å². The molecule has 2 saturated heterocycles. The Kier molecular flexibility index (Phi) is 9.00. The maximum Gasteiger partial charge on any atom is 0.253 e. The van der Waals surface area contributed by atoms with Crippen LogP contribution in [-0.4, -0.2) is 71.9 Å². The Hall–Kier alpha value is -3.45. The van der Waals surface area contributed by atoms with Gasteiger partial charge in [-0.2, -0.15) is 5.26 Å². The van der Waals surface area contributed by atoms with E-state index in [0.717, 1.165) is 62.1 Å². The van der Waals surface area contributed by atoms with Crippen LogP contribution in [-0.2, 0) is 6.54 Å². The van der Waals surface area contributed by atoms with E-state index >= 15 is 0 Å². The van der Waals surface area contributed by atoms with Gasteiger partial charge in [0, 0.05) is 68.1 Å². The zero-order chi connectivity index (χ0) is 28.1. The predicted molar refractivity (Wildman–Crippen MR) is 158 cm³/mol. The van der Waals surface area contributed by atoms with Crippen molar-refractivity contribution in [2.75, 3.05) is 44.2 Å². The Bertz CT molecular complexity index is 1390. The molecule has 0 unspecified atom stereocenters. The average molecular weight is 622 g/mol. The van der Waals surface area contributed by atoms with Crippen molar-refractivity contribution in [1.29, 1.82) is 5.26 Å². The number of halogens is 2. The number of aromatic nitrogens is 1. The molecule has 2 aromatic carbocycles. The number of hydrogen-bond donors (Lipinski definition) is 1. The summed E-state index contributed by atoms with van der Waals surface area (Å²) in [7, 11) is 0. The lowest BCUT2D eigenvalue weighted by molar-refractivity contribution is 0.0610. The molecule has 40 heavy (non-hydrogen) atoms. The Balaban J connectivity index is 1.09. The van der Waals surface area contributed by atoms with Crippen molar-refractivity contribution >= 4 is 45.2 Å². The Morgan fingerprint density at radius 2 is 1.65 bits per heavy atom. The van der Waals surface area contributed by atoms with Crippen molar-refractivity contribution in [3.63, 3.8) is 0 Å². The van der Waals surface area contributed by atoms with Gasteiger partial charge in [-0.1, -0.05) is 39.7 Å². The van der Waals surface area contributed by atoms with Gasteiger partial charge in [0.05, 0.1) is 22.2 Å². The van der Waals surface area contributed by atoms with Crippen molar-refractivity contribution in [3.8, 4) is 6.07 Å². The molecule has 0 radical (unpaired) electrons. The number of nitrogens with one attached hydrogen (secondary N) is 1. The van der Waals surface area contributed by atoms with Gasteiger partial charge >= 0.3 is 0 Å². The fourth-order valence-corrected chi connectivity index (χ4v) is 5.83. The van der Waals surface area contributed by atoms with E-state index in [-0.39, 0.29) is 11.8 Å². The maximum atomic E-state index is 12.9. The van der Waals surface area contributed by atoms with Crippen molar-refractivity contribution in [2.45, 2.75) is 25.4 Å². The third-order valence-corrected chi connectivity index (χ3v) is 8.40. The summed E-state index contributed by atoms with van der Waals surface area (Å²) < 4.78 is 0.993. The molecule has 5 rings (SSSR count). The minimum absolute atomic E-state index is 0.0268. The second-order valence-electron chi connectivity index (χ2n) is 10.1. The van der Waals surface area contributed by atoms with Crippen LogP contribution in [0.1, 0.15) is 44.7 Å².